The SMILES string of the molecule is CNC(CCCc1cccs1)c1cccc(OC(C)C)c1. The van der Waals surface area contributed by atoms with Gasteiger partial charge in [-0.3, -0.25) is 0 Å². The zero-order chi connectivity index (χ0) is 15.1. The molecule has 0 saturated carbocycles. The second-order valence-electron chi connectivity index (χ2n) is 5.55. The summed E-state index contributed by atoms with van der Waals surface area (Å²) in [5.74, 6) is 0.959. The summed E-state index contributed by atoms with van der Waals surface area (Å²) in [6, 6.07) is 13.2. The highest BCUT2D eigenvalue weighted by Gasteiger charge is 2.10. The summed E-state index contributed by atoms with van der Waals surface area (Å²) in [6.07, 6.45) is 3.71. The molecule has 21 heavy (non-hydrogen) atoms. The predicted octanol–water partition coefficient (Wildman–Crippen LogP) is 4.82. The highest BCUT2D eigenvalue weighted by Crippen LogP contribution is 2.24. The Bertz CT molecular complexity index is 522. The van der Waals surface area contributed by atoms with Crippen molar-refractivity contribution >= 4 is 11.3 Å². The quantitative estimate of drug-likeness (QED) is 0.755. The van der Waals surface area contributed by atoms with Crippen molar-refractivity contribution in [1.82, 2.24) is 5.32 Å². The van der Waals surface area contributed by atoms with E-state index in [1.54, 1.807) is 0 Å². The summed E-state index contributed by atoms with van der Waals surface area (Å²) in [4.78, 5) is 1.47. The van der Waals surface area contributed by atoms with Crippen molar-refractivity contribution in [1.29, 1.82) is 0 Å². The summed E-state index contributed by atoms with van der Waals surface area (Å²) >= 11 is 1.85. The van der Waals surface area contributed by atoms with Crippen LogP contribution in [0.25, 0.3) is 0 Å². The molecule has 0 fully saturated rings. The fraction of sp³-hybridized carbons (Fsp3) is 0.444. The lowest BCUT2D eigenvalue weighted by Gasteiger charge is -2.18. The lowest BCUT2D eigenvalue weighted by Crippen LogP contribution is -2.16. The predicted molar refractivity (Wildman–Crippen MR) is 91.3 cm³/mol. The van der Waals surface area contributed by atoms with Crippen LogP contribution in [-0.2, 0) is 6.42 Å². The van der Waals surface area contributed by atoms with Gasteiger partial charge in [0.25, 0.3) is 0 Å². The molecule has 0 aliphatic rings. The Kier molecular flexibility index (Phi) is 6.27. The number of benzene rings is 1. The Morgan fingerprint density at radius 1 is 1.19 bits per heavy atom. The van der Waals surface area contributed by atoms with Crippen LogP contribution < -0.4 is 10.1 Å². The number of hydrogen-bond donors (Lipinski definition) is 1. The van der Waals surface area contributed by atoms with Gasteiger partial charge in [0.2, 0.25) is 0 Å². The number of rotatable bonds is 8. The zero-order valence-corrected chi connectivity index (χ0v) is 14.0. The monoisotopic (exact) mass is 303 g/mol. The largest absolute Gasteiger partial charge is 0.491 e. The summed E-state index contributed by atoms with van der Waals surface area (Å²) in [5, 5.41) is 5.58. The van der Waals surface area contributed by atoms with Crippen LogP contribution in [-0.4, -0.2) is 13.2 Å². The summed E-state index contributed by atoms with van der Waals surface area (Å²) in [7, 11) is 2.03. The van der Waals surface area contributed by atoms with Crippen molar-refractivity contribution in [2.75, 3.05) is 7.05 Å². The van der Waals surface area contributed by atoms with Gasteiger partial charge in [-0.05, 0) is 69.3 Å². The van der Waals surface area contributed by atoms with Crippen molar-refractivity contribution in [3.05, 3.63) is 52.2 Å². The van der Waals surface area contributed by atoms with E-state index >= 15 is 0 Å². The van der Waals surface area contributed by atoms with E-state index in [1.807, 2.05) is 24.5 Å². The third kappa shape index (κ3) is 5.18. The van der Waals surface area contributed by atoms with Crippen LogP contribution in [0.5, 0.6) is 5.75 Å². The van der Waals surface area contributed by atoms with E-state index in [2.05, 4.69) is 54.9 Å². The molecule has 3 heteroatoms. The van der Waals surface area contributed by atoms with E-state index in [0.717, 1.165) is 18.6 Å². The van der Waals surface area contributed by atoms with Crippen LogP contribution in [0.4, 0.5) is 0 Å². The van der Waals surface area contributed by atoms with Crippen LogP contribution in [0.3, 0.4) is 0 Å². The van der Waals surface area contributed by atoms with Gasteiger partial charge < -0.3 is 10.1 Å². The van der Waals surface area contributed by atoms with E-state index in [-0.39, 0.29) is 6.10 Å². The molecule has 1 aromatic heterocycles. The average Bonchev–Trinajstić information content (AvgIpc) is 2.96. The Hall–Kier alpha value is -1.32. The number of nitrogens with one attached hydrogen (secondary N) is 1. The standard InChI is InChI=1S/C18H25NOS/c1-14(2)20-16-8-4-7-15(13-16)18(19-3)11-5-9-17-10-6-12-21-17/h4,6-8,10,12-14,18-19H,5,9,11H2,1-3H3. The third-order valence-electron chi connectivity index (χ3n) is 3.48. The highest BCUT2D eigenvalue weighted by molar-refractivity contribution is 7.09. The maximum absolute atomic E-state index is 5.79. The second kappa shape index (κ2) is 8.20. The molecule has 1 N–H and O–H groups in total. The fourth-order valence-electron chi connectivity index (χ4n) is 2.49. The van der Waals surface area contributed by atoms with Crippen LogP contribution in [0.2, 0.25) is 0 Å². The van der Waals surface area contributed by atoms with E-state index < -0.39 is 0 Å². The minimum atomic E-state index is 0.215. The van der Waals surface area contributed by atoms with E-state index in [4.69, 9.17) is 4.74 Å². The molecular formula is C18H25NOS. The molecule has 114 valence electrons. The van der Waals surface area contributed by atoms with Crippen molar-refractivity contribution in [2.45, 2.75) is 45.3 Å². The van der Waals surface area contributed by atoms with Gasteiger partial charge in [-0.15, -0.1) is 11.3 Å². The highest BCUT2D eigenvalue weighted by atomic mass is 32.1. The van der Waals surface area contributed by atoms with Crippen molar-refractivity contribution < 1.29 is 4.74 Å². The van der Waals surface area contributed by atoms with Gasteiger partial charge in [0.15, 0.2) is 0 Å². The number of hydrogen-bond acceptors (Lipinski definition) is 3. The third-order valence-corrected chi connectivity index (χ3v) is 4.41. The summed E-state index contributed by atoms with van der Waals surface area (Å²) in [5.41, 5.74) is 1.31. The molecule has 2 nitrogen and oxygen atoms in total. The lowest BCUT2D eigenvalue weighted by molar-refractivity contribution is 0.242. The molecule has 0 spiro atoms. The van der Waals surface area contributed by atoms with E-state index in [9.17, 15) is 0 Å². The van der Waals surface area contributed by atoms with Gasteiger partial charge in [0.05, 0.1) is 6.10 Å². The maximum Gasteiger partial charge on any atom is 0.120 e. The van der Waals surface area contributed by atoms with Crippen molar-refractivity contribution in [3.8, 4) is 5.75 Å². The second-order valence-corrected chi connectivity index (χ2v) is 6.58. The molecule has 1 atom stereocenters. The lowest BCUT2D eigenvalue weighted by atomic mass is 10.0. The van der Waals surface area contributed by atoms with Gasteiger partial charge in [-0.2, -0.15) is 0 Å². The first-order valence-corrected chi connectivity index (χ1v) is 8.53. The molecule has 0 aliphatic heterocycles. The van der Waals surface area contributed by atoms with Gasteiger partial charge in [0.1, 0.15) is 5.75 Å². The zero-order valence-electron chi connectivity index (χ0n) is 13.1. The van der Waals surface area contributed by atoms with Crippen LogP contribution >= 0.6 is 11.3 Å². The van der Waals surface area contributed by atoms with Crippen LogP contribution in [0.15, 0.2) is 41.8 Å². The number of ether oxygens (including phenoxy) is 1. The van der Waals surface area contributed by atoms with Gasteiger partial charge in [0, 0.05) is 10.9 Å². The first-order chi connectivity index (χ1) is 10.2. The van der Waals surface area contributed by atoms with Gasteiger partial charge >= 0.3 is 0 Å². The normalized spacial score (nSPS) is 12.6. The molecule has 0 aliphatic carbocycles. The Balaban J connectivity index is 1.93. The molecule has 1 heterocycles. The topological polar surface area (TPSA) is 21.3 Å². The summed E-state index contributed by atoms with van der Waals surface area (Å²) < 4.78 is 5.79. The van der Waals surface area contributed by atoms with Crippen molar-refractivity contribution in [2.24, 2.45) is 0 Å². The smallest absolute Gasteiger partial charge is 0.120 e. The average molecular weight is 303 g/mol. The minimum absolute atomic E-state index is 0.215. The first-order valence-electron chi connectivity index (χ1n) is 7.65. The van der Waals surface area contributed by atoms with Crippen molar-refractivity contribution in [3.63, 3.8) is 0 Å². The Morgan fingerprint density at radius 3 is 2.71 bits per heavy atom. The van der Waals surface area contributed by atoms with E-state index in [0.29, 0.717) is 6.04 Å². The minimum Gasteiger partial charge on any atom is -0.491 e. The molecule has 2 rings (SSSR count). The number of aryl methyl sites for hydroxylation is 1. The molecule has 0 bridgehead atoms. The first kappa shape index (κ1) is 16.1. The maximum atomic E-state index is 5.79. The number of thiophene rings is 1. The summed E-state index contributed by atoms with van der Waals surface area (Å²) in [6.45, 7) is 4.12. The fourth-order valence-corrected chi connectivity index (χ4v) is 3.24. The molecule has 1 aromatic carbocycles. The van der Waals surface area contributed by atoms with Crippen LogP contribution in [0, 0.1) is 0 Å². The van der Waals surface area contributed by atoms with Crippen LogP contribution in [0.1, 0.15) is 43.2 Å². The van der Waals surface area contributed by atoms with E-state index in [1.165, 1.54) is 16.9 Å². The Morgan fingerprint density at radius 2 is 2.05 bits per heavy atom. The molecule has 1 unspecified atom stereocenters. The molecule has 0 saturated heterocycles. The molecule has 0 radical (unpaired) electrons. The molecule has 2 aromatic rings. The molecule has 0 amide bonds. The van der Waals surface area contributed by atoms with Gasteiger partial charge in [-0.1, -0.05) is 18.2 Å². The molecular weight excluding hydrogens is 278 g/mol. The Labute approximate surface area is 132 Å². The van der Waals surface area contributed by atoms with Gasteiger partial charge in [-0.25, -0.2) is 0 Å².